The molecule has 6 nitrogen and oxygen atoms in total. The highest BCUT2D eigenvalue weighted by atomic mass is 19.1. The summed E-state index contributed by atoms with van der Waals surface area (Å²) in [4.78, 5) is 36.4. The number of benzene rings is 1. The molecular formula is C15H18FN3O3. The number of halogens is 1. The zero-order valence-corrected chi connectivity index (χ0v) is 12.5. The molecule has 22 heavy (non-hydrogen) atoms. The number of hydrogen-bond donors (Lipinski definition) is 2. The molecule has 1 heterocycles. The first-order chi connectivity index (χ1) is 10.3. The summed E-state index contributed by atoms with van der Waals surface area (Å²) in [6.07, 6.45) is 0.0242. The molecule has 1 saturated heterocycles. The Morgan fingerprint density at radius 1 is 1.27 bits per heavy atom. The molecule has 0 bridgehead atoms. The first kappa shape index (κ1) is 15.9. The fraction of sp³-hybridized carbons (Fsp3) is 0.400. The van der Waals surface area contributed by atoms with Crippen molar-refractivity contribution in [3.63, 3.8) is 0 Å². The number of carbonyl (C=O) groups is 3. The zero-order valence-electron chi connectivity index (χ0n) is 12.5. The monoisotopic (exact) mass is 307 g/mol. The Hall–Kier alpha value is -2.44. The number of hydrogen-bond acceptors (Lipinski definition) is 3. The summed E-state index contributed by atoms with van der Waals surface area (Å²) < 4.78 is 12.8. The molecule has 0 atom stereocenters. The van der Waals surface area contributed by atoms with Gasteiger partial charge in [-0.15, -0.1) is 0 Å². The summed E-state index contributed by atoms with van der Waals surface area (Å²) in [7, 11) is 0. The van der Waals surface area contributed by atoms with E-state index in [-0.39, 0.29) is 37.1 Å². The van der Waals surface area contributed by atoms with E-state index in [1.54, 1.807) is 26.0 Å². The molecular weight excluding hydrogens is 289 g/mol. The van der Waals surface area contributed by atoms with Crippen molar-refractivity contribution in [2.75, 3.05) is 6.54 Å². The SMILES string of the molecule is CC1(C)NC(=O)N(CCC(=O)NCc2ccc(F)cc2)C1=O. The molecule has 0 saturated carbocycles. The standard InChI is InChI=1S/C15H18FN3O3/c1-15(2)13(21)19(14(22)18-15)8-7-12(20)17-9-10-3-5-11(16)6-4-10/h3-6H,7-9H2,1-2H3,(H,17,20)(H,18,22). The molecule has 1 aliphatic heterocycles. The summed E-state index contributed by atoms with van der Waals surface area (Å²) in [6.45, 7) is 3.53. The molecule has 4 amide bonds. The van der Waals surface area contributed by atoms with E-state index < -0.39 is 11.6 Å². The number of urea groups is 1. The highest BCUT2D eigenvalue weighted by Crippen LogP contribution is 2.16. The van der Waals surface area contributed by atoms with E-state index in [2.05, 4.69) is 10.6 Å². The van der Waals surface area contributed by atoms with Gasteiger partial charge in [0.2, 0.25) is 5.91 Å². The zero-order chi connectivity index (χ0) is 16.3. The van der Waals surface area contributed by atoms with Crippen molar-refractivity contribution in [3.8, 4) is 0 Å². The van der Waals surface area contributed by atoms with Crippen LogP contribution in [-0.2, 0) is 16.1 Å². The third kappa shape index (κ3) is 3.60. The second kappa shape index (κ2) is 6.13. The summed E-state index contributed by atoms with van der Waals surface area (Å²) in [6, 6.07) is 5.31. The van der Waals surface area contributed by atoms with Gasteiger partial charge in [0.05, 0.1) is 0 Å². The molecule has 0 aliphatic carbocycles. The molecule has 118 valence electrons. The van der Waals surface area contributed by atoms with Crippen LogP contribution in [0, 0.1) is 5.82 Å². The quantitative estimate of drug-likeness (QED) is 0.801. The Labute approximate surface area is 127 Å². The first-order valence-corrected chi connectivity index (χ1v) is 6.95. The summed E-state index contributed by atoms with van der Waals surface area (Å²) >= 11 is 0. The third-order valence-corrected chi connectivity index (χ3v) is 3.41. The summed E-state index contributed by atoms with van der Waals surface area (Å²) in [5.41, 5.74) is -0.160. The average Bonchev–Trinajstić information content (AvgIpc) is 2.65. The lowest BCUT2D eigenvalue weighted by atomic mass is 10.1. The maximum absolute atomic E-state index is 12.8. The van der Waals surface area contributed by atoms with Crippen molar-refractivity contribution in [2.24, 2.45) is 0 Å². The number of imide groups is 1. The van der Waals surface area contributed by atoms with Gasteiger partial charge in [0, 0.05) is 19.5 Å². The van der Waals surface area contributed by atoms with Gasteiger partial charge in [-0.25, -0.2) is 9.18 Å². The number of rotatable bonds is 5. The van der Waals surface area contributed by atoms with Gasteiger partial charge in [-0.05, 0) is 31.5 Å². The van der Waals surface area contributed by atoms with Crippen LogP contribution in [0.3, 0.4) is 0 Å². The minimum Gasteiger partial charge on any atom is -0.352 e. The van der Waals surface area contributed by atoms with Gasteiger partial charge < -0.3 is 10.6 Å². The fourth-order valence-corrected chi connectivity index (χ4v) is 2.13. The molecule has 1 fully saturated rings. The Kier molecular flexibility index (Phi) is 4.44. The minimum absolute atomic E-state index is 0.0242. The number of nitrogens with one attached hydrogen (secondary N) is 2. The van der Waals surface area contributed by atoms with Crippen LogP contribution in [0.4, 0.5) is 9.18 Å². The van der Waals surface area contributed by atoms with Crippen molar-refractivity contribution >= 4 is 17.8 Å². The lowest BCUT2D eigenvalue weighted by Gasteiger charge is -2.15. The molecule has 1 aliphatic rings. The van der Waals surface area contributed by atoms with Crippen LogP contribution in [0.5, 0.6) is 0 Å². The molecule has 1 aromatic rings. The van der Waals surface area contributed by atoms with Gasteiger partial charge in [-0.1, -0.05) is 12.1 Å². The van der Waals surface area contributed by atoms with Crippen LogP contribution in [0.15, 0.2) is 24.3 Å². The van der Waals surface area contributed by atoms with Crippen LogP contribution in [0.1, 0.15) is 25.8 Å². The topological polar surface area (TPSA) is 78.5 Å². The first-order valence-electron chi connectivity index (χ1n) is 6.95. The normalized spacial score (nSPS) is 16.6. The van der Waals surface area contributed by atoms with Gasteiger partial charge in [0.15, 0.2) is 0 Å². The second-order valence-electron chi connectivity index (χ2n) is 5.67. The second-order valence-corrected chi connectivity index (χ2v) is 5.67. The molecule has 0 unspecified atom stereocenters. The smallest absolute Gasteiger partial charge is 0.325 e. The molecule has 0 aromatic heterocycles. The minimum atomic E-state index is -0.929. The summed E-state index contributed by atoms with van der Waals surface area (Å²) in [5, 5.41) is 5.21. The van der Waals surface area contributed by atoms with Crippen LogP contribution in [0.25, 0.3) is 0 Å². The Morgan fingerprint density at radius 2 is 1.91 bits per heavy atom. The fourth-order valence-electron chi connectivity index (χ4n) is 2.13. The number of nitrogens with zero attached hydrogens (tertiary/aromatic N) is 1. The van der Waals surface area contributed by atoms with Crippen LogP contribution >= 0.6 is 0 Å². The highest BCUT2D eigenvalue weighted by molar-refractivity contribution is 6.06. The number of amides is 4. The molecule has 7 heteroatoms. The summed E-state index contributed by atoms with van der Waals surface area (Å²) in [5.74, 6) is -0.963. The van der Waals surface area contributed by atoms with Crippen molar-refractivity contribution in [1.29, 1.82) is 0 Å². The molecule has 0 radical (unpaired) electrons. The van der Waals surface area contributed by atoms with Crippen molar-refractivity contribution < 1.29 is 18.8 Å². The van der Waals surface area contributed by atoms with Gasteiger partial charge in [-0.2, -0.15) is 0 Å². The van der Waals surface area contributed by atoms with E-state index in [1.165, 1.54) is 12.1 Å². The van der Waals surface area contributed by atoms with E-state index in [9.17, 15) is 18.8 Å². The third-order valence-electron chi connectivity index (χ3n) is 3.41. The predicted molar refractivity (Wildman–Crippen MR) is 77.2 cm³/mol. The largest absolute Gasteiger partial charge is 0.352 e. The van der Waals surface area contributed by atoms with Gasteiger partial charge in [0.25, 0.3) is 5.91 Å². The van der Waals surface area contributed by atoms with E-state index in [4.69, 9.17) is 0 Å². The van der Waals surface area contributed by atoms with Crippen LogP contribution < -0.4 is 10.6 Å². The van der Waals surface area contributed by atoms with E-state index in [0.717, 1.165) is 10.5 Å². The van der Waals surface area contributed by atoms with Crippen molar-refractivity contribution in [3.05, 3.63) is 35.6 Å². The van der Waals surface area contributed by atoms with Gasteiger partial charge in [0.1, 0.15) is 11.4 Å². The van der Waals surface area contributed by atoms with Crippen molar-refractivity contribution in [2.45, 2.75) is 32.4 Å². The average molecular weight is 307 g/mol. The van der Waals surface area contributed by atoms with Gasteiger partial charge >= 0.3 is 6.03 Å². The Balaban J connectivity index is 1.80. The van der Waals surface area contributed by atoms with Crippen LogP contribution in [-0.4, -0.2) is 34.8 Å². The Bertz CT molecular complexity index is 599. The van der Waals surface area contributed by atoms with E-state index in [0.29, 0.717) is 0 Å². The molecule has 0 spiro atoms. The number of carbonyl (C=O) groups excluding carboxylic acids is 3. The van der Waals surface area contributed by atoms with Gasteiger partial charge in [-0.3, -0.25) is 14.5 Å². The van der Waals surface area contributed by atoms with Crippen molar-refractivity contribution in [1.82, 2.24) is 15.5 Å². The molecule has 2 N–H and O–H groups in total. The molecule has 1 aromatic carbocycles. The lowest BCUT2D eigenvalue weighted by Crippen LogP contribution is -2.40. The highest BCUT2D eigenvalue weighted by Gasteiger charge is 2.43. The van der Waals surface area contributed by atoms with E-state index >= 15 is 0 Å². The predicted octanol–water partition coefficient (Wildman–Crippen LogP) is 1.16. The Morgan fingerprint density at radius 3 is 2.45 bits per heavy atom. The maximum Gasteiger partial charge on any atom is 0.325 e. The lowest BCUT2D eigenvalue weighted by molar-refractivity contribution is -0.130. The van der Waals surface area contributed by atoms with E-state index in [1.807, 2.05) is 0 Å². The maximum atomic E-state index is 12.8. The van der Waals surface area contributed by atoms with Crippen LogP contribution in [0.2, 0.25) is 0 Å². The molecule has 2 rings (SSSR count).